The van der Waals surface area contributed by atoms with Gasteiger partial charge in [0.15, 0.2) is 5.89 Å². The van der Waals surface area contributed by atoms with E-state index in [1.165, 1.54) is 30.0 Å². The number of aromatic nitrogens is 1. The van der Waals surface area contributed by atoms with Gasteiger partial charge >= 0.3 is 0 Å². The SMILES string of the molecule is Cc1nc(-c2ccc(NC3CCSCC3)cc2)co1. The zero-order valence-electron chi connectivity index (χ0n) is 11.1. The van der Waals surface area contributed by atoms with E-state index >= 15 is 0 Å². The van der Waals surface area contributed by atoms with E-state index in [-0.39, 0.29) is 0 Å². The largest absolute Gasteiger partial charge is 0.449 e. The van der Waals surface area contributed by atoms with Crippen LogP contribution in [0.3, 0.4) is 0 Å². The van der Waals surface area contributed by atoms with Gasteiger partial charge in [-0.2, -0.15) is 11.8 Å². The second-order valence-corrected chi connectivity index (χ2v) is 6.08. The molecule has 100 valence electrons. The van der Waals surface area contributed by atoms with E-state index in [1.54, 1.807) is 6.26 Å². The van der Waals surface area contributed by atoms with Gasteiger partial charge in [-0.1, -0.05) is 12.1 Å². The maximum atomic E-state index is 5.24. The van der Waals surface area contributed by atoms with E-state index < -0.39 is 0 Å². The van der Waals surface area contributed by atoms with E-state index in [1.807, 2.05) is 6.92 Å². The summed E-state index contributed by atoms with van der Waals surface area (Å²) in [5, 5.41) is 3.61. The summed E-state index contributed by atoms with van der Waals surface area (Å²) in [4.78, 5) is 4.34. The van der Waals surface area contributed by atoms with Gasteiger partial charge in [-0.05, 0) is 36.5 Å². The lowest BCUT2D eigenvalue weighted by Gasteiger charge is -2.23. The van der Waals surface area contributed by atoms with Crippen LogP contribution in [0.2, 0.25) is 0 Å². The number of oxazole rings is 1. The van der Waals surface area contributed by atoms with Crippen LogP contribution in [0.4, 0.5) is 5.69 Å². The molecule has 2 heterocycles. The predicted molar refractivity (Wildman–Crippen MR) is 80.6 cm³/mol. The molecule has 4 heteroatoms. The maximum absolute atomic E-state index is 5.24. The van der Waals surface area contributed by atoms with Gasteiger partial charge in [0.1, 0.15) is 12.0 Å². The van der Waals surface area contributed by atoms with Gasteiger partial charge in [0.25, 0.3) is 0 Å². The lowest BCUT2D eigenvalue weighted by Crippen LogP contribution is -2.24. The molecule has 0 amide bonds. The summed E-state index contributed by atoms with van der Waals surface area (Å²) in [5.74, 6) is 3.25. The van der Waals surface area contributed by atoms with Gasteiger partial charge in [-0.15, -0.1) is 0 Å². The van der Waals surface area contributed by atoms with Gasteiger partial charge in [0.2, 0.25) is 0 Å². The summed E-state index contributed by atoms with van der Waals surface area (Å²) in [6.45, 7) is 1.86. The highest BCUT2D eigenvalue weighted by atomic mass is 32.2. The number of thioether (sulfide) groups is 1. The number of benzene rings is 1. The summed E-state index contributed by atoms with van der Waals surface area (Å²) in [6, 6.07) is 9.07. The molecule has 1 aromatic heterocycles. The standard InChI is InChI=1S/C15H18N2OS/c1-11-16-15(10-18-11)12-2-4-13(5-3-12)17-14-6-8-19-9-7-14/h2-5,10,14,17H,6-9H2,1H3. The third-order valence-corrected chi connectivity index (χ3v) is 4.44. The Bertz CT molecular complexity index is 529. The van der Waals surface area contributed by atoms with Crippen molar-refractivity contribution in [3.63, 3.8) is 0 Å². The maximum Gasteiger partial charge on any atom is 0.191 e. The lowest BCUT2D eigenvalue weighted by atomic mass is 10.1. The van der Waals surface area contributed by atoms with Gasteiger partial charge in [-0.3, -0.25) is 0 Å². The van der Waals surface area contributed by atoms with Crippen LogP contribution < -0.4 is 5.32 Å². The fraction of sp³-hybridized carbons (Fsp3) is 0.400. The van der Waals surface area contributed by atoms with Crippen molar-refractivity contribution in [1.29, 1.82) is 0 Å². The summed E-state index contributed by atoms with van der Waals surface area (Å²) in [6.07, 6.45) is 4.22. The Kier molecular flexibility index (Phi) is 3.78. The molecule has 0 unspecified atom stereocenters. The topological polar surface area (TPSA) is 38.1 Å². The van der Waals surface area contributed by atoms with Crippen molar-refractivity contribution in [3.8, 4) is 11.3 Å². The van der Waals surface area contributed by atoms with Crippen LogP contribution in [0.15, 0.2) is 34.9 Å². The van der Waals surface area contributed by atoms with Crippen LogP contribution in [-0.4, -0.2) is 22.5 Å². The molecule has 1 aliphatic heterocycles. The van der Waals surface area contributed by atoms with Crippen LogP contribution in [0.25, 0.3) is 11.3 Å². The predicted octanol–water partition coefficient (Wildman–Crippen LogP) is 3.96. The molecule has 0 saturated carbocycles. The van der Waals surface area contributed by atoms with Crippen LogP contribution in [0.5, 0.6) is 0 Å². The lowest BCUT2D eigenvalue weighted by molar-refractivity contribution is 0.521. The molecule has 3 nitrogen and oxygen atoms in total. The Morgan fingerprint density at radius 2 is 1.95 bits per heavy atom. The number of nitrogens with zero attached hydrogens (tertiary/aromatic N) is 1. The molecule has 1 aromatic carbocycles. The second-order valence-electron chi connectivity index (χ2n) is 4.86. The average Bonchev–Trinajstić information content (AvgIpc) is 2.87. The number of rotatable bonds is 3. The molecule has 0 aliphatic carbocycles. The van der Waals surface area contributed by atoms with Gasteiger partial charge in [0, 0.05) is 24.2 Å². The van der Waals surface area contributed by atoms with Crippen LogP contribution in [0.1, 0.15) is 18.7 Å². The van der Waals surface area contributed by atoms with E-state index in [9.17, 15) is 0 Å². The number of hydrogen-bond acceptors (Lipinski definition) is 4. The highest BCUT2D eigenvalue weighted by Crippen LogP contribution is 2.24. The van der Waals surface area contributed by atoms with Crippen molar-refractivity contribution in [2.45, 2.75) is 25.8 Å². The Balaban J connectivity index is 1.68. The van der Waals surface area contributed by atoms with Crippen LogP contribution >= 0.6 is 11.8 Å². The van der Waals surface area contributed by atoms with E-state index in [0.717, 1.165) is 11.3 Å². The van der Waals surface area contributed by atoms with E-state index in [2.05, 4.69) is 46.3 Å². The fourth-order valence-corrected chi connectivity index (χ4v) is 3.42. The van der Waals surface area contributed by atoms with Crippen molar-refractivity contribution >= 4 is 17.4 Å². The minimum Gasteiger partial charge on any atom is -0.449 e. The van der Waals surface area contributed by atoms with Crippen LogP contribution in [-0.2, 0) is 0 Å². The molecule has 1 aliphatic rings. The van der Waals surface area contributed by atoms with E-state index in [4.69, 9.17) is 4.42 Å². The molecular weight excluding hydrogens is 256 g/mol. The molecule has 1 saturated heterocycles. The monoisotopic (exact) mass is 274 g/mol. The molecule has 3 rings (SSSR count). The Morgan fingerprint density at radius 1 is 1.21 bits per heavy atom. The average molecular weight is 274 g/mol. The minimum atomic E-state index is 0.626. The number of anilines is 1. The molecule has 0 spiro atoms. The molecule has 1 N–H and O–H groups in total. The minimum absolute atomic E-state index is 0.626. The Morgan fingerprint density at radius 3 is 2.58 bits per heavy atom. The first-order valence-electron chi connectivity index (χ1n) is 6.68. The molecule has 0 radical (unpaired) electrons. The Labute approximate surface area is 117 Å². The zero-order chi connectivity index (χ0) is 13.1. The van der Waals surface area contributed by atoms with E-state index in [0.29, 0.717) is 11.9 Å². The fourth-order valence-electron chi connectivity index (χ4n) is 2.31. The van der Waals surface area contributed by atoms with Crippen molar-refractivity contribution in [3.05, 3.63) is 36.4 Å². The van der Waals surface area contributed by atoms with Crippen molar-refractivity contribution in [2.24, 2.45) is 0 Å². The van der Waals surface area contributed by atoms with Gasteiger partial charge in [-0.25, -0.2) is 4.98 Å². The van der Waals surface area contributed by atoms with Gasteiger partial charge < -0.3 is 9.73 Å². The molecule has 1 fully saturated rings. The second kappa shape index (κ2) is 5.70. The molecule has 0 atom stereocenters. The van der Waals surface area contributed by atoms with Crippen molar-refractivity contribution in [2.75, 3.05) is 16.8 Å². The highest BCUT2D eigenvalue weighted by Gasteiger charge is 2.13. The smallest absolute Gasteiger partial charge is 0.191 e. The summed E-state index contributed by atoms with van der Waals surface area (Å²) >= 11 is 2.05. The number of hydrogen-bond donors (Lipinski definition) is 1. The molecule has 2 aromatic rings. The quantitative estimate of drug-likeness (QED) is 0.919. The normalized spacial score (nSPS) is 16.5. The van der Waals surface area contributed by atoms with Crippen molar-refractivity contribution < 1.29 is 4.42 Å². The third-order valence-electron chi connectivity index (χ3n) is 3.39. The highest BCUT2D eigenvalue weighted by molar-refractivity contribution is 7.99. The summed E-state index contributed by atoms with van der Waals surface area (Å²) in [7, 11) is 0. The third kappa shape index (κ3) is 3.13. The Hall–Kier alpha value is -1.42. The number of aryl methyl sites for hydroxylation is 1. The summed E-state index contributed by atoms with van der Waals surface area (Å²) in [5.41, 5.74) is 3.19. The molecule has 0 bridgehead atoms. The van der Waals surface area contributed by atoms with Gasteiger partial charge in [0.05, 0.1) is 0 Å². The zero-order valence-corrected chi connectivity index (χ0v) is 11.9. The first-order valence-corrected chi connectivity index (χ1v) is 7.83. The molecular formula is C15H18N2OS. The first kappa shape index (κ1) is 12.6. The number of nitrogens with one attached hydrogen (secondary N) is 1. The van der Waals surface area contributed by atoms with Crippen molar-refractivity contribution in [1.82, 2.24) is 4.98 Å². The summed E-state index contributed by atoms with van der Waals surface area (Å²) < 4.78 is 5.24. The van der Waals surface area contributed by atoms with Crippen LogP contribution in [0, 0.1) is 6.92 Å². The first-order chi connectivity index (χ1) is 9.31. The molecule has 19 heavy (non-hydrogen) atoms.